The predicted molar refractivity (Wildman–Crippen MR) is 104 cm³/mol. The molecule has 0 spiro atoms. The van der Waals surface area contributed by atoms with Gasteiger partial charge in [-0.25, -0.2) is 0 Å². The van der Waals surface area contributed by atoms with Crippen molar-refractivity contribution in [2.24, 2.45) is 0 Å². The Labute approximate surface area is 165 Å². The van der Waals surface area contributed by atoms with Gasteiger partial charge < -0.3 is 19.3 Å². The quantitative estimate of drug-likeness (QED) is 0.658. The predicted octanol–water partition coefficient (Wildman–Crippen LogP) is 2.15. The Morgan fingerprint density at radius 1 is 1.29 bits per heavy atom. The number of rotatable bonds is 9. The van der Waals surface area contributed by atoms with Gasteiger partial charge >= 0.3 is 0 Å². The number of carbonyl (C=O) groups is 1. The summed E-state index contributed by atoms with van der Waals surface area (Å²) in [5.74, 6) is 3.09. The van der Waals surface area contributed by atoms with Crippen LogP contribution in [-0.4, -0.2) is 60.3 Å². The van der Waals surface area contributed by atoms with Gasteiger partial charge in [0.25, 0.3) is 0 Å². The molecular weight excluding hydrogens is 360 g/mol. The standard InChI is InChI=1S/C20H28N4O4/c1-3-26-17-6-8-18(9-7-17)27-12-10-21-19(25)14-24-11-4-5-16(13-24)20-22-15(2)23-28-20/h6-9,16H,3-5,10-14H2,1-2H3,(H,21,25). The Hall–Kier alpha value is -2.61. The Kier molecular flexibility index (Phi) is 7.25. The molecular formula is C20H28N4O4. The van der Waals surface area contributed by atoms with Crippen molar-refractivity contribution in [1.82, 2.24) is 20.4 Å². The third kappa shape index (κ3) is 5.95. The summed E-state index contributed by atoms with van der Waals surface area (Å²) in [7, 11) is 0. The summed E-state index contributed by atoms with van der Waals surface area (Å²) in [5, 5.41) is 6.77. The molecule has 1 aromatic carbocycles. The lowest BCUT2D eigenvalue weighted by molar-refractivity contribution is -0.122. The topological polar surface area (TPSA) is 89.7 Å². The van der Waals surface area contributed by atoms with E-state index in [4.69, 9.17) is 14.0 Å². The van der Waals surface area contributed by atoms with Crippen LogP contribution < -0.4 is 14.8 Å². The summed E-state index contributed by atoms with van der Waals surface area (Å²) < 4.78 is 16.3. The minimum absolute atomic E-state index is 0.00217. The number of benzene rings is 1. The lowest BCUT2D eigenvalue weighted by Crippen LogP contribution is -2.42. The molecule has 28 heavy (non-hydrogen) atoms. The van der Waals surface area contributed by atoms with Gasteiger partial charge in [-0.05, 0) is 57.5 Å². The maximum atomic E-state index is 12.2. The highest BCUT2D eigenvalue weighted by Gasteiger charge is 2.26. The Morgan fingerprint density at radius 2 is 2.04 bits per heavy atom. The Balaban J connectivity index is 1.34. The minimum atomic E-state index is -0.00217. The first-order valence-corrected chi connectivity index (χ1v) is 9.79. The van der Waals surface area contributed by atoms with Crippen LogP contribution in [0.1, 0.15) is 37.4 Å². The van der Waals surface area contributed by atoms with Crippen LogP contribution in [0, 0.1) is 6.92 Å². The maximum absolute atomic E-state index is 12.2. The van der Waals surface area contributed by atoms with Crippen molar-refractivity contribution in [3.8, 4) is 11.5 Å². The van der Waals surface area contributed by atoms with Crippen LogP contribution in [0.5, 0.6) is 11.5 Å². The third-order valence-corrected chi connectivity index (χ3v) is 4.59. The van der Waals surface area contributed by atoms with Crippen LogP contribution >= 0.6 is 0 Å². The van der Waals surface area contributed by atoms with Gasteiger partial charge in [0.1, 0.15) is 18.1 Å². The first-order valence-electron chi connectivity index (χ1n) is 9.79. The van der Waals surface area contributed by atoms with Gasteiger partial charge in [-0.15, -0.1) is 0 Å². The molecule has 0 radical (unpaired) electrons. The number of aromatic nitrogens is 2. The van der Waals surface area contributed by atoms with Crippen molar-refractivity contribution < 1.29 is 18.8 Å². The number of likely N-dealkylation sites (tertiary alicyclic amines) is 1. The molecule has 0 saturated carbocycles. The fourth-order valence-electron chi connectivity index (χ4n) is 3.30. The molecule has 0 bridgehead atoms. The molecule has 3 rings (SSSR count). The molecule has 1 fully saturated rings. The number of hydrogen-bond acceptors (Lipinski definition) is 7. The van der Waals surface area contributed by atoms with Crippen LogP contribution in [-0.2, 0) is 4.79 Å². The second-order valence-corrected chi connectivity index (χ2v) is 6.86. The van der Waals surface area contributed by atoms with E-state index in [1.165, 1.54) is 0 Å². The van der Waals surface area contributed by atoms with E-state index in [0.29, 0.717) is 38.0 Å². The number of hydrogen-bond donors (Lipinski definition) is 1. The number of nitrogens with one attached hydrogen (secondary N) is 1. The summed E-state index contributed by atoms with van der Waals surface area (Å²) in [4.78, 5) is 18.7. The van der Waals surface area contributed by atoms with E-state index in [9.17, 15) is 4.79 Å². The Morgan fingerprint density at radius 3 is 2.71 bits per heavy atom. The molecule has 1 saturated heterocycles. The van der Waals surface area contributed by atoms with Crippen molar-refractivity contribution >= 4 is 5.91 Å². The zero-order valence-corrected chi connectivity index (χ0v) is 16.5. The first-order chi connectivity index (χ1) is 13.6. The number of amides is 1. The number of aryl methyl sites for hydroxylation is 1. The van der Waals surface area contributed by atoms with Crippen molar-refractivity contribution in [2.45, 2.75) is 32.6 Å². The highest BCUT2D eigenvalue weighted by Crippen LogP contribution is 2.25. The van der Waals surface area contributed by atoms with Crippen LogP contribution in [0.4, 0.5) is 0 Å². The molecule has 2 heterocycles. The van der Waals surface area contributed by atoms with Gasteiger partial charge in [0.2, 0.25) is 11.8 Å². The van der Waals surface area contributed by atoms with Crippen LogP contribution in [0.3, 0.4) is 0 Å². The van der Waals surface area contributed by atoms with Gasteiger partial charge in [0.15, 0.2) is 5.82 Å². The molecule has 152 valence electrons. The SMILES string of the molecule is CCOc1ccc(OCCNC(=O)CN2CCCC(c3nc(C)no3)C2)cc1. The lowest BCUT2D eigenvalue weighted by Gasteiger charge is -2.30. The van der Waals surface area contributed by atoms with E-state index in [0.717, 1.165) is 37.4 Å². The zero-order valence-electron chi connectivity index (χ0n) is 16.5. The second-order valence-electron chi connectivity index (χ2n) is 6.86. The van der Waals surface area contributed by atoms with E-state index < -0.39 is 0 Å². The normalized spacial score (nSPS) is 17.3. The van der Waals surface area contributed by atoms with Gasteiger partial charge in [-0.3, -0.25) is 9.69 Å². The van der Waals surface area contributed by atoms with Gasteiger partial charge in [-0.2, -0.15) is 4.98 Å². The molecule has 1 N–H and O–H groups in total. The van der Waals surface area contributed by atoms with Crippen LogP contribution in [0.15, 0.2) is 28.8 Å². The van der Waals surface area contributed by atoms with E-state index in [-0.39, 0.29) is 11.8 Å². The molecule has 0 aliphatic carbocycles. The highest BCUT2D eigenvalue weighted by molar-refractivity contribution is 5.78. The number of carbonyl (C=O) groups excluding carboxylic acids is 1. The summed E-state index contributed by atoms with van der Waals surface area (Å²) in [6, 6.07) is 7.46. The van der Waals surface area contributed by atoms with Gasteiger partial charge in [-0.1, -0.05) is 5.16 Å². The monoisotopic (exact) mass is 388 g/mol. The summed E-state index contributed by atoms with van der Waals surface area (Å²) in [6.45, 7) is 7.32. The van der Waals surface area contributed by atoms with E-state index >= 15 is 0 Å². The molecule has 2 aromatic rings. The molecule has 1 aromatic heterocycles. The van der Waals surface area contributed by atoms with E-state index in [1.54, 1.807) is 0 Å². The third-order valence-electron chi connectivity index (χ3n) is 4.59. The number of nitrogens with zero attached hydrogens (tertiary/aromatic N) is 3. The molecule has 1 aliphatic rings. The summed E-state index contributed by atoms with van der Waals surface area (Å²) in [6.07, 6.45) is 2.02. The molecule has 1 aliphatic heterocycles. The molecule has 1 amide bonds. The zero-order chi connectivity index (χ0) is 19.8. The van der Waals surface area contributed by atoms with Crippen molar-refractivity contribution in [3.05, 3.63) is 36.0 Å². The smallest absolute Gasteiger partial charge is 0.234 e. The fourth-order valence-corrected chi connectivity index (χ4v) is 3.30. The van der Waals surface area contributed by atoms with Crippen LogP contribution in [0.25, 0.3) is 0 Å². The van der Waals surface area contributed by atoms with Crippen molar-refractivity contribution in [1.29, 1.82) is 0 Å². The molecule has 1 unspecified atom stereocenters. The average Bonchev–Trinajstić information content (AvgIpc) is 3.13. The maximum Gasteiger partial charge on any atom is 0.234 e. The largest absolute Gasteiger partial charge is 0.494 e. The summed E-state index contributed by atoms with van der Waals surface area (Å²) in [5.41, 5.74) is 0. The lowest BCUT2D eigenvalue weighted by atomic mass is 9.98. The van der Waals surface area contributed by atoms with Crippen molar-refractivity contribution in [2.75, 3.05) is 39.4 Å². The second kappa shape index (κ2) is 10.1. The number of ether oxygens (including phenoxy) is 2. The van der Waals surface area contributed by atoms with Gasteiger partial charge in [0, 0.05) is 6.54 Å². The van der Waals surface area contributed by atoms with Crippen molar-refractivity contribution in [3.63, 3.8) is 0 Å². The molecule has 8 nitrogen and oxygen atoms in total. The average molecular weight is 388 g/mol. The molecule has 8 heteroatoms. The van der Waals surface area contributed by atoms with Crippen LogP contribution in [0.2, 0.25) is 0 Å². The van der Waals surface area contributed by atoms with E-state index in [1.807, 2.05) is 38.1 Å². The molecule has 1 atom stereocenters. The van der Waals surface area contributed by atoms with Gasteiger partial charge in [0.05, 0.1) is 25.6 Å². The Bertz CT molecular complexity index is 747. The fraction of sp³-hybridized carbons (Fsp3) is 0.550. The highest BCUT2D eigenvalue weighted by atomic mass is 16.5. The number of piperidine rings is 1. The first kappa shape index (κ1) is 20.1. The van der Waals surface area contributed by atoms with E-state index in [2.05, 4.69) is 20.4 Å². The minimum Gasteiger partial charge on any atom is -0.494 e. The summed E-state index contributed by atoms with van der Waals surface area (Å²) >= 11 is 0.